The van der Waals surface area contributed by atoms with Crippen molar-refractivity contribution in [1.82, 2.24) is 14.5 Å². The van der Waals surface area contributed by atoms with Crippen molar-refractivity contribution in [2.75, 3.05) is 6.61 Å². The average molecular weight is 353 g/mol. The molecule has 1 aromatic carbocycles. The van der Waals surface area contributed by atoms with Crippen molar-refractivity contribution in [3.05, 3.63) is 54.2 Å². The molecule has 4 rings (SSSR count). The maximum atomic E-state index is 13.8. The van der Waals surface area contributed by atoms with Crippen molar-refractivity contribution in [3.8, 4) is 28.4 Å². The fourth-order valence-corrected chi connectivity index (χ4v) is 2.94. The van der Waals surface area contributed by atoms with E-state index in [4.69, 9.17) is 4.74 Å². The average Bonchev–Trinajstić information content (AvgIpc) is 3.41. The van der Waals surface area contributed by atoms with Gasteiger partial charge >= 0.3 is 0 Å². The van der Waals surface area contributed by atoms with Crippen LogP contribution in [0.5, 0.6) is 5.75 Å². The molecular formula is C20H20FN3O2. The lowest BCUT2D eigenvalue weighted by Crippen LogP contribution is -2.03. The summed E-state index contributed by atoms with van der Waals surface area (Å²) in [5.74, 6) is 0.753. The van der Waals surface area contributed by atoms with E-state index in [-0.39, 0.29) is 12.4 Å². The maximum absolute atomic E-state index is 13.8. The molecular weight excluding hydrogens is 333 g/mol. The van der Waals surface area contributed by atoms with Crippen molar-refractivity contribution in [2.45, 2.75) is 19.4 Å². The zero-order valence-corrected chi connectivity index (χ0v) is 14.5. The summed E-state index contributed by atoms with van der Waals surface area (Å²) in [7, 11) is 1.88. The molecule has 3 aromatic rings. The fourth-order valence-electron chi connectivity index (χ4n) is 2.94. The lowest BCUT2D eigenvalue weighted by atomic mass is 10.1. The Labute approximate surface area is 151 Å². The first-order valence-corrected chi connectivity index (χ1v) is 8.66. The maximum Gasteiger partial charge on any atom is 0.131 e. The van der Waals surface area contributed by atoms with Crippen molar-refractivity contribution in [3.63, 3.8) is 0 Å². The van der Waals surface area contributed by atoms with E-state index in [1.807, 2.05) is 11.6 Å². The molecule has 0 bridgehead atoms. The molecule has 1 N–H and O–H groups in total. The van der Waals surface area contributed by atoms with Gasteiger partial charge in [0.15, 0.2) is 0 Å². The van der Waals surface area contributed by atoms with Crippen molar-refractivity contribution < 1.29 is 14.2 Å². The largest absolute Gasteiger partial charge is 0.492 e. The van der Waals surface area contributed by atoms with Crippen LogP contribution >= 0.6 is 0 Å². The summed E-state index contributed by atoms with van der Waals surface area (Å²) in [6.07, 6.45) is 5.68. The Bertz CT molecular complexity index is 935. The molecule has 0 atom stereocenters. The minimum Gasteiger partial charge on any atom is -0.492 e. The Kier molecular flexibility index (Phi) is 4.42. The Morgan fingerprint density at radius 3 is 2.85 bits per heavy atom. The van der Waals surface area contributed by atoms with Gasteiger partial charge in [-0.25, -0.2) is 9.37 Å². The Hall–Kier alpha value is -2.73. The van der Waals surface area contributed by atoms with Crippen molar-refractivity contribution in [2.24, 2.45) is 13.0 Å². The molecule has 1 fully saturated rings. The highest BCUT2D eigenvalue weighted by Crippen LogP contribution is 2.38. The van der Waals surface area contributed by atoms with Crippen LogP contribution in [-0.4, -0.2) is 26.2 Å². The van der Waals surface area contributed by atoms with Crippen LogP contribution in [-0.2, 0) is 13.7 Å². The van der Waals surface area contributed by atoms with Crippen LogP contribution in [0.2, 0.25) is 0 Å². The Morgan fingerprint density at radius 2 is 2.08 bits per heavy atom. The van der Waals surface area contributed by atoms with Gasteiger partial charge in [0.2, 0.25) is 0 Å². The molecule has 5 nitrogen and oxygen atoms in total. The highest BCUT2D eigenvalue weighted by atomic mass is 19.1. The summed E-state index contributed by atoms with van der Waals surface area (Å²) in [5.41, 5.74) is 3.67. The lowest BCUT2D eigenvalue weighted by molar-refractivity contribution is 0.282. The first-order valence-electron chi connectivity index (χ1n) is 8.66. The standard InChI is InChI=1S/C20H20FN3O2/c1-24-12-23-19(17-8-14(10-25)6-7-22-17)20(24)16-5-4-15(21)9-18(16)26-11-13-2-3-13/h4-9,12-13,25H,2-3,10-11H2,1H3. The molecule has 1 saturated carbocycles. The molecule has 134 valence electrons. The molecule has 1 aliphatic rings. The van der Waals surface area contributed by atoms with Crippen LogP contribution in [0, 0.1) is 11.7 Å². The molecule has 1 aliphatic carbocycles. The first-order chi connectivity index (χ1) is 12.7. The molecule has 0 radical (unpaired) electrons. The number of imidazole rings is 1. The SMILES string of the molecule is Cn1cnc(-c2cc(CO)ccn2)c1-c1ccc(F)cc1OCC1CC1. The number of hydrogen-bond acceptors (Lipinski definition) is 4. The third-order valence-corrected chi connectivity index (χ3v) is 4.56. The van der Waals surface area contributed by atoms with Gasteiger partial charge < -0.3 is 14.4 Å². The predicted molar refractivity (Wildman–Crippen MR) is 96.0 cm³/mol. The van der Waals surface area contributed by atoms with E-state index in [0.29, 0.717) is 29.7 Å². The van der Waals surface area contributed by atoms with Gasteiger partial charge in [-0.15, -0.1) is 0 Å². The molecule has 6 heteroatoms. The smallest absolute Gasteiger partial charge is 0.131 e. The number of aromatic nitrogens is 3. The van der Waals surface area contributed by atoms with E-state index >= 15 is 0 Å². The second-order valence-corrected chi connectivity index (χ2v) is 6.65. The summed E-state index contributed by atoms with van der Waals surface area (Å²) < 4.78 is 21.6. The van der Waals surface area contributed by atoms with E-state index < -0.39 is 0 Å². The van der Waals surface area contributed by atoms with E-state index in [1.165, 1.54) is 25.0 Å². The molecule has 0 saturated heterocycles. The number of benzene rings is 1. The zero-order chi connectivity index (χ0) is 18.1. The Balaban J connectivity index is 1.79. The van der Waals surface area contributed by atoms with Gasteiger partial charge in [-0.1, -0.05) is 0 Å². The van der Waals surface area contributed by atoms with Gasteiger partial charge in [0.05, 0.1) is 30.9 Å². The quantitative estimate of drug-likeness (QED) is 0.736. The predicted octanol–water partition coefficient (Wildman–Crippen LogP) is 3.57. The summed E-state index contributed by atoms with van der Waals surface area (Å²) >= 11 is 0. The topological polar surface area (TPSA) is 60.2 Å². The molecule has 0 aliphatic heterocycles. The van der Waals surface area contributed by atoms with Gasteiger partial charge in [-0.2, -0.15) is 0 Å². The summed E-state index contributed by atoms with van der Waals surface area (Å²) in [6, 6.07) is 8.13. The van der Waals surface area contributed by atoms with Gasteiger partial charge in [0.25, 0.3) is 0 Å². The van der Waals surface area contributed by atoms with Crippen LogP contribution in [0.1, 0.15) is 18.4 Å². The number of pyridine rings is 1. The summed E-state index contributed by atoms with van der Waals surface area (Å²) in [6.45, 7) is 0.534. The third kappa shape index (κ3) is 3.32. The number of hydrogen-bond donors (Lipinski definition) is 1. The van der Waals surface area contributed by atoms with Gasteiger partial charge in [-0.3, -0.25) is 4.98 Å². The minimum atomic E-state index is -0.330. The monoisotopic (exact) mass is 353 g/mol. The molecule has 2 heterocycles. The van der Waals surface area contributed by atoms with E-state index in [9.17, 15) is 9.50 Å². The third-order valence-electron chi connectivity index (χ3n) is 4.56. The molecule has 0 amide bonds. The zero-order valence-electron chi connectivity index (χ0n) is 14.5. The van der Waals surface area contributed by atoms with Gasteiger partial charge in [-0.05, 0) is 48.6 Å². The van der Waals surface area contributed by atoms with Gasteiger partial charge in [0, 0.05) is 24.9 Å². The number of aliphatic hydroxyl groups is 1. The van der Waals surface area contributed by atoms with E-state index in [1.54, 1.807) is 30.7 Å². The van der Waals surface area contributed by atoms with Crippen LogP contribution in [0.4, 0.5) is 4.39 Å². The fraction of sp³-hybridized carbons (Fsp3) is 0.300. The lowest BCUT2D eigenvalue weighted by Gasteiger charge is -2.13. The summed E-state index contributed by atoms with van der Waals surface area (Å²) in [4.78, 5) is 8.87. The van der Waals surface area contributed by atoms with Crippen LogP contribution in [0.15, 0.2) is 42.9 Å². The first kappa shape index (κ1) is 16.7. The summed E-state index contributed by atoms with van der Waals surface area (Å²) in [5, 5.41) is 9.39. The second-order valence-electron chi connectivity index (χ2n) is 6.65. The molecule has 26 heavy (non-hydrogen) atoms. The van der Waals surface area contributed by atoms with Crippen LogP contribution < -0.4 is 4.74 Å². The van der Waals surface area contributed by atoms with Crippen molar-refractivity contribution >= 4 is 0 Å². The Morgan fingerprint density at radius 1 is 1.23 bits per heavy atom. The van der Waals surface area contributed by atoms with E-state index in [2.05, 4.69) is 9.97 Å². The normalized spacial score (nSPS) is 13.8. The van der Waals surface area contributed by atoms with Crippen LogP contribution in [0.3, 0.4) is 0 Å². The number of rotatable bonds is 6. The number of aryl methyl sites for hydroxylation is 1. The highest BCUT2D eigenvalue weighted by molar-refractivity contribution is 5.80. The number of halogens is 1. The van der Waals surface area contributed by atoms with E-state index in [0.717, 1.165) is 16.8 Å². The second kappa shape index (κ2) is 6.88. The molecule has 2 aromatic heterocycles. The molecule has 0 unspecified atom stereocenters. The minimum absolute atomic E-state index is 0.0655. The number of aliphatic hydroxyl groups excluding tert-OH is 1. The van der Waals surface area contributed by atoms with Crippen molar-refractivity contribution in [1.29, 1.82) is 0 Å². The molecule has 0 spiro atoms. The van der Waals surface area contributed by atoms with Crippen LogP contribution in [0.25, 0.3) is 22.6 Å². The number of nitrogens with zero attached hydrogens (tertiary/aromatic N) is 3. The highest BCUT2D eigenvalue weighted by Gasteiger charge is 2.24. The number of ether oxygens (including phenoxy) is 1. The van der Waals surface area contributed by atoms with Gasteiger partial charge in [0.1, 0.15) is 17.3 Å².